The molecule has 0 spiro atoms. The van der Waals surface area contributed by atoms with Crippen LogP contribution in [0.4, 0.5) is 8.78 Å². The first-order valence-corrected chi connectivity index (χ1v) is 5.72. The monoisotopic (exact) mass is 262 g/mol. The molecule has 0 amide bonds. The first-order valence-electron chi connectivity index (χ1n) is 5.72. The van der Waals surface area contributed by atoms with E-state index in [1.165, 1.54) is 6.07 Å². The maximum absolute atomic E-state index is 13.4. The van der Waals surface area contributed by atoms with E-state index in [1.54, 1.807) is 18.2 Å². The van der Waals surface area contributed by atoms with Gasteiger partial charge in [-0.2, -0.15) is 0 Å². The fraction of sp³-hybridized carbons (Fsp3) is 0.133. The maximum atomic E-state index is 13.4. The third-order valence-electron chi connectivity index (χ3n) is 2.69. The summed E-state index contributed by atoms with van der Waals surface area (Å²) in [5, 5.41) is 0. The van der Waals surface area contributed by atoms with Gasteiger partial charge in [0.25, 0.3) is 0 Å². The SMILES string of the molecule is Cc1ccc(OCc2ccc(F)cc2F)c(C=O)c1. The van der Waals surface area contributed by atoms with Crippen LogP contribution in [0.5, 0.6) is 5.75 Å². The Hall–Kier alpha value is -2.23. The summed E-state index contributed by atoms with van der Waals surface area (Å²) in [5.41, 5.74) is 1.57. The lowest BCUT2D eigenvalue weighted by atomic mass is 10.1. The average Bonchev–Trinajstić information content (AvgIpc) is 2.39. The van der Waals surface area contributed by atoms with E-state index < -0.39 is 11.6 Å². The molecule has 0 unspecified atom stereocenters. The quantitative estimate of drug-likeness (QED) is 0.786. The molecule has 19 heavy (non-hydrogen) atoms. The highest BCUT2D eigenvalue weighted by atomic mass is 19.1. The number of rotatable bonds is 4. The highest BCUT2D eigenvalue weighted by Crippen LogP contribution is 2.20. The third kappa shape index (κ3) is 3.16. The fourth-order valence-corrected chi connectivity index (χ4v) is 1.69. The summed E-state index contributed by atoms with van der Waals surface area (Å²) >= 11 is 0. The molecule has 4 heteroatoms. The van der Waals surface area contributed by atoms with Crippen molar-refractivity contribution in [3.63, 3.8) is 0 Å². The Morgan fingerprint density at radius 1 is 1.16 bits per heavy atom. The van der Waals surface area contributed by atoms with Crippen LogP contribution in [0, 0.1) is 18.6 Å². The molecule has 0 saturated carbocycles. The van der Waals surface area contributed by atoms with Crippen LogP contribution in [0.25, 0.3) is 0 Å². The number of aldehydes is 1. The second-order valence-electron chi connectivity index (χ2n) is 4.18. The fourth-order valence-electron chi connectivity index (χ4n) is 1.69. The third-order valence-corrected chi connectivity index (χ3v) is 2.69. The van der Waals surface area contributed by atoms with Crippen molar-refractivity contribution >= 4 is 6.29 Å². The van der Waals surface area contributed by atoms with Crippen LogP contribution in [0.2, 0.25) is 0 Å². The van der Waals surface area contributed by atoms with E-state index in [-0.39, 0.29) is 12.2 Å². The molecule has 0 aliphatic heterocycles. The molecule has 0 aromatic heterocycles. The Morgan fingerprint density at radius 2 is 1.95 bits per heavy atom. The summed E-state index contributed by atoms with van der Waals surface area (Å²) in [6.07, 6.45) is 0.684. The first-order chi connectivity index (χ1) is 9.10. The van der Waals surface area contributed by atoms with Gasteiger partial charge < -0.3 is 4.74 Å². The molecular formula is C15H12F2O2. The van der Waals surface area contributed by atoms with Gasteiger partial charge in [-0.05, 0) is 31.2 Å². The summed E-state index contributed by atoms with van der Waals surface area (Å²) < 4.78 is 31.6. The van der Waals surface area contributed by atoms with E-state index in [1.807, 2.05) is 6.92 Å². The van der Waals surface area contributed by atoms with Gasteiger partial charge in [0, 0.05) is 11.6 Å². The largest absolute Gasteiger partial charge is 0.488 e. The topological polar surface area (TPSA) is 26.3 Å². The molecule has 0 N–H and O–H groups in total. The number of aryl methyl sites for hydroxylation is 1. The normalized spacial score (nSPS) is 10.3. The second-order valence-corrected chi connectivity index (χ2v) is 4.18. The van der Waals surface area contributed by atoms with Gasteiger partial charge in [-0.1, -0.05) is 11.6 Å². The molecule has 0 fully saturated rings. The number of hydrogen-bond acceptors (Lipinski definition) is 2. The predicted molar refractivity (Wildman–Crippen MR) is 67.3 cm³/mol. The summed E-state index contributed by atoms with van der Waals surface area (Å²) in [5.74, 6) is -0.922. The highest BCUT2D eigenvalue weighted by molar-refractivity contribution is 5.79. The van der Waals surface area contributed by atoms with Crippen molar-refractivity contribution in [1.29, 1.82) is 0 Å². The van der Waals surface area contributed by atoms with Gasteiger partial charge in [-0.3, -0.25) is 4.79 Å². The minimum atomic E-state index is -0.667. The van der Waals surface area contributed by atoms with Crippen molar-refractivity contribution < 1.29 is 18.3 Å². The van der Waals surface area contributed by atoms with Crippen LogP contribution in [0.1, 0.15) is 21.5 Å². The molecule has 0 saturated heterocycles. The summed E-state index contributed by atoms with van der Waals surface area (Å²) in [6.45, 7) is 1.80. The van der Waals surface area contributed by atoms with Crippen LogP contribution < -0.4 is 4.74 Å². The molecule has 2 aromatic rings. The average molecular weight is 262 g/mol. The standard InChI is InChI=1S/C15H12F2O2/c1-10-2-5-15(12(6-10)8-18)19-9-11-3-4-13(16)7-14(11)17/h2-8H,9H2,1H3. The van der Waals surface area contributed by atoms with Crippen LogP contribution in [0.15, 0.2) is 36.4 Å². The Labute approximate surface area is 109 Å². The molecule has 0 heterocycles. The van der Waals surface area contributed by atoms with Crippen molar-refractivity contribution in [2.24, 2.45) is 0 Å². The maximum Gasteiger partial charge on any atom is 0.153 e. The number of hydrogen-bond donors (Lipinski definition) is 0. The van der Waals surface area contributed by atoms with E-state index >= 15 is 0 Å². The van der Waals surface area contributed by atoms with Gasteiger partial charge in [0.05, 0.1) is 5.56 Å². The minimum absolute atomic E-state index is 0.0595. The number of carbonyl (C=O) groups is 1. The number of ether oxygens (including phenoxy) is 1. The van der Waals surface area contributed by atoms with Gasteiger partial charge >= 0.3 is 0 Å². The van der Waals surface area contributed by atoms with Crippen LogP contribution in [-0.2, 0) is 6.61 Å². The lowest BCUT2D eigenvalue weighted by Gasteiger charge is -2.09. The molecule has 0 bridgehead atoms. The van der Waals surface area contributed by atoms with Gasteiger partial charge in [0.15, 0.2) is 6.29 Å². The number of carbonyl (C=O) groups excluding carboxylic acids is 1. The Balaban J connectivity index is 2.16. The Morgan fingerprint density at radius 3 is 2.63 bits per heavy atom. The van der Waals surface area contributed by atoms with Crippen LogP contribution >= 0.6 is 0 Å². The molecule has 2 nitrogen and oxygen atoms in total. The van der Waals surface area contributed by atoms with Crippen molar-refractivity contribution in [1.82, 2.24) is 0 Å². The Kier molecular flexibility index (Phi) is 3.90. The van der Waals surface area contributed by atoms with E-state index in [4.69, 9.17) is 4.74 Å². The van der Waals surface area contributed by atoms with Crippen molar-refractivity contribution in [3.8, 4) is 5.75 Å². The summed E-state index contributed by atoms with van der Waals surface area (Å²) in [7, 11) is 0. The molecule has 2 rings (SSSR count). The minimum Gasteiger partial charge on any atom is -0.488 e. The molecule has 0 aliphatic carbocycles. The summed E-state index contributed by atoms with van der Waals surface area (Å²) in [4.78, 5) is 10.9. The highest BCUT2D eigenvalue weighted by Gasteiger charge is 2.07. The van der Waals surface area contributed by atoms with E-state index in [0.29, 0.717) is 17.6 Å². The number of benzene rings is 2. The lowest BCUT2D eigenvalue weighted by molar-refractivity contribution is 0.111. The molecular weight excluding hydrogens is 250 g/mol. The van der Waals surface area contributed by atoms with Crippen molar-refractivity contribution in [2.45, 2.75) is 13.5 Å². The Bertz CT molecular complexity index is 609. The molecule has 0 atom stereocenters. The van der Waals surface area contributed by atoms with Gasteiger partial charge in [-0.15, -0.1) is 0 Å². The summed E-state index contributed by atoms with van der Waals surface area (Å²) in [6, 6.07) is 8.42. The van der Waals surface area contributed by atoms with Crippen LogP contribution in [-0.4, -0.2) is 6.29 Å². The molecule has 2 aromatic carbocycles. The van der Waals surface area contributed by atoms with E-state index in [9.17, 15) is 13.6 Å². The van der Waals surface area contributed by atoms with E-state index in [0.717, 1.165) is 17.7 Å². The van der Waals surface area contributed by atoms with Crippen molar-refractivity contribution in [2.75, 3.05) is 0 Å². The first kappa shape index (κ1) is 13.2. The van der Waals surface area contributed by atoms with Gasteiger partial charge in [0.1, 0.15) is 24.0 Å². The predicted octanol–water partition coefficient (Wildman–Crippen LogP) is 3.66. The number of halogens is 2. The van der Waals surface area contributed by atoms with Gasteiger partial charge in [-0.25, -0.2) is 8.78 Å². The van der Waals surface area contributed by atoms with Crippen molar-refractivity contribution in [3.05, 3.63) is 64.7 Å². The van der Waals surface area contributed by atoms with Crippen LogP contribution in [0.3, 0.4) is 0 Å². The smallest absolute Gasteiger partial charge is 0.153 e. The van der Waals surface area contributed by atoms with Gasteiger partial charge in [0.2, 0.25) is 0 Å². The lowest BCUT2D eigenvalue weighted by Crippen LogP contribution is -2.01. The van der Waals surface area contributed by atoms with E-state index in [2.05, 4.69) is 0 Å². The zero-order valence-corrected chi connectivity index (χ0v) is 10.3. The zero-order chi connectivity index (χ0) is 13.8. The second kappa shape index (κ2) is 5.61. The molecule has 98 valence electrons. The molecule has 0 aliphatic rings. The zero-order valence-electron chi connectivity index (χ0n) is 10.3. The molecule has 0 radical (unpaired) electrons.